The molecule has 1 aromatic heterocycles. The first-order valence-corrected chi connectivity index (χ1v) is 12.7. The fourth-order valence-corrected chi connectivity index (χ4v) is 5.97. The minimum atomic E-state index is -0.368. The molecule has 1 aliphatic heterocycles. The lowest BCUT2D eigenvalue weighted by atomic mass is 9.74. The van der Waals surface area contributed by atoms with Crippen molar-refractivity contribution in [2.75, 3.05) is 37.6 Å². The van der Waals surface area contributed by atoms with Crippen molar-refractivity contribution in [2.24, 2.45) is 11.1 Å². The molecule has 172 valence electrons. The van der Waals surface area contributed by atoms with Crippen molar-refractivity contribution in [3.8, 4) is 0 Å². The van der Waals surface area contributed by atoms with Crippen molar-refractivity contribution in [3.05, 3.63) is 57.3 Å². The fraction of sp³-hybridized carbons (Fsp3) is 0.519. The van der Waals surface area contributed by atoms with Crippen molar-refractivity contribution in [1.29, 1.82) is 0 Å². The number of hydrogen-bond acceptors (Lipinski definition) is 4. The first-order valence-electron chi connectivity index (χ1n) is 11.9. The summed E-state index contributed by atoms with van der Waals surface area (Å²) >= 11 is 2.00. The number of nitrogens with two attached hydrogens (primary N) is 1. The highest BCUT2D eigenvalue weighted by Gasteiger charge is 2.30. The van der Waals surface area contributed by atoms with Crippen LogP contribution in [0.5, 0.6) is 0 Å². The lowest BCUT2D eigenvalue weighted by Crippen LogP contribution is -2.47. The van der Waals surface area contributed by atoms with Crippen molar-refractivity contribution in [1.82, 2.24) is 4.90 Å². The number of benzene rings is 1. The number of piperazine rings is 1. The van der Waals surface area contributed by atoms with E-state index in [1.54, 1.807) is 11.1 Å². The maximum atomic E-state index is 11.3. The second kappa shape index (κ2) is 9.40. The number of thiophene rings is 1. The van der Waals surface area contributed by atoms with Gasteiger partial charge < -0.3 is 10.6 Å². The van der Waals surface area contributed by atoms with Crippen LogP contribution in [0.3, 0.4) is 0 Å². The van der Waals surface area contributed by atoms with Crippen LogP contribution in [0, 0.1) is 5.41 Å². The summed E-state index contributed by atoms with van der Waals surface area (Å²) in [7, 11) is 0. The third kappa shape index (κ3) is 5.26. The van der Waals surface area contributed by atoms with Crippen LogP contribution in [0.25, 0.3) is 5.57 Å². The van der Waals surface area contributed by atoms with E-state index in [9.17, 15) is 4.79 Å². The van der Waals surface area contributed by atoms with Gasteiger partial charge in [-0.1, -0.05) is 33.3 Å². The number of primary amides is 1. The molecule has 2 heterocycles. The van der Waals surface area contributed by atoms with E-state index in [4.69, 9.17) is 5.73 Å². The van der Waals surface area contributed by atoms with E-state index >= 15 is 0 Å². The van der Waals surface area contributed by atoms with Gasteiger partial charge >= 0.3 is 0 Å². The molecule has 4 nitrogen and oxygen atoms in total. The summed E-state index contributed by atoms with van der Waals surface area (Å²) in [5.41, 5.74) is 10.8. The van der Waals surface area contributed by atoms with Gasteiger partial charge in [0.25, 0.3) is 0 Å². The third-order valence-corrected chi connectivity index (χ3v) is 8.43. The molecule has 5 heteroatoms. The number of carbonyl (C=O) groups is 1. The minimum Gasteiger partial charge on any atom is -0.369 e. The smallest absolute Gasteiger partial charge is 0.248 e. The Balaban J connectivity index is 1.45. The van der Waals surface area contributed by atoms with Gasteiger partial charge in [-0.15, -0.1) is 11.3 Å². The first kappa shape index (κ1) is 23.1. The zero-order valence-corrected chi connectivity index (χ0v) is 20.8. The minimum absolute atomic E-state index is 0.368. The van der Waals surface area contributed by atoms with Gasteiger partial charge in [0.15, 0.2) is 0 Å². The summed E-state index contributed by atoms with van der Waals surface area (Å²) in [6.45, 7) is 14.7. The lowest BCUT2D eigenvalue weighted by molar-refractivity contribution is 0.100. The monoisotopic (exact) mass is 451 g/mol. The zero-order valence-electron chi connectivity index (χ0n) is 20.0. The molecule has 1 amide bonds. The van der Waals surface area contributed by atoms with Crippen LogP contribution in [-0.4, -0.2) is 43.5 Å². The predicted molar refractivity (Wildman–Crippen MR) is 137 cm³/mol. The Kier molecular flexibility index (Phi) is 6.78. The summed E-state index contributed by atoms with van der Waals surface area (Å²) in [6, 6.07) is 12.4. The van der Waals surface area contributed by atoms with E-state index in [1.807, 2.05) is 35.6 Å². The topological polar surface area (TPSA) is 49.6 Å². The van der Waals surface area contributed by atoms with Gasteiger partial charge in [0.05, 0.1) is 0 Å². The molecule has 2 aliphatic rings. The normalized spacial score (nSPS) is 19.6. The van der Waals surface area contributed by atoms with Crippen LogP contribution in [0.4, 0.5) is 5.69 Å². The SMILES string of the molecule is CC(C)c1ccc(C2=C(CN3CCN(c4ccc(C(N)=O)cc4)CC3)CCC(C)(C)C2)s1. The Hall–Kier alpha value is -2.11. The van der Waals surface area contributed by atoms with Crippen LogP contribution >= 0.6 is 11.3 Å². The molecular weight excluding hydrogens is 414 g/mol. The van der Waals surface area contributed by atoms with Gasteiger partial charge in [-0.3, -0.25) is 9.69 Å². The highest BCUT2D eigenvalue weighted by Crippen LogP contribution is 2.45. The Bertz CT molecular complexity index is 979. The molecule has 0 unspecified atom stereocenters. The molecule has 1 aromatic carbocycles. The van der Waals surface area contributed by atoms with Gasteiger partial charge in [0, 0.05) is 53.7 Å². The van der Waals surface area contributed by atoms with Crippen LogP contribution in [0.15, 0.2) is 42.0 Å². The van der Waals surface area contributed by atoms with Crippen LogP contribution in [-0.2, 0) is 0 Å². The van der Waals surface area contributed by atoms with E-state index in [0.717, 1.165) is 32.7 Å². The van der Waals surface area contributed by atoms with Crippen LogP contribution in [0.1, 0.15) is 73.0 Å². The Morgan fingerprint density at radius 2 is 1.75 bits per heavy atom. The average Bonchev–Trinajstić information content (AvgIpc) is 3.26. The van der Waals surface area contributed by atoms with Crippen LogP contribution in [0.2, 0.25) is 0 Å². The number of allylic oxidation sites excluding steroid dienone is 1. The summed E-state index contributed by atoms with van der Waals surface area (Å²) in [5, 5.41) is 0. The van der Waals surface area contributed by atoms with Gasteiger partial charge in [-0.05, 0) is 72.6 Å². The first-order chi connectivity index (χ1) is 15.2. The second-order valence-corrected chi connectivity index (χ2v) is 11.6. The summed E-state index contributed by atoms with van der Waals surface area (Å²) in [5.74, 6) is 0.229. The molecule has 2 aromatic rings. The second-order valence-electron chi connectivity index (χ2n) is 10.5. The van der Waals surface area contributed by atoms with Crippen molar-refractivity contribution in [3.63, 3.8) is 0 Å². The average molecular weight is 452 g/mol. The Morgan fingerprint density at radius 1 is 1.06 bits per heavy atom. The number of anilines is 1. The molecule has 0 bridgehead atoms. The molecule has 0 saturated carbocycles. The van der Waals surface area contributed by atoms with E-state index in [-0.39, 0.29) is 5.91 Å². The molecule has 4 rings (SSSR count). The summed E-state index contributed by atoms with van der Waals surface area (Å²) in [6.07, 6.45) is 3.68. The Labute approximate surface area is 197 Å². The van der Waals surface area contributed by atoms with Gasteiger partial charge in [-0.25, -0.2) is 0 Å². The number of amides is 1. The van der Waals surface area contributed by atoms with E-state index in [2.05, 4.69) is 49.6 Å². The number of carbonyl (C=O) groups excluding carboxylic acids is 1. The van der Waals surface area contributed by atoms with E-state index in [1.165, 1.54) is 34.7 Å². The maximum Gasteiger partial charge on any atom is 0.248 e. The molecular formula is C27H37N3OS. The van der Waals surface area contributed by atoms with Gasteiger partial charge in [0.1, 0.15) is 0 Å². The largest absolute Gasteiger partial charge is 0.369 e. The molecule has 1 fully saturated rings. The lowest BCUT2D eigenvalue weighted by Gasteiger charge is -2.39. The van der Waals surface area contributed by atoms with E-state index in [0.29, 0.717) is 16.9 Å². The van der Waals surface area contributed by atoms with Crippen molar-refractivity contribution in [2.45, 2.75) is 52.9 Å². The molecule has 0 atom stereocenters. The number of hydrogen-bond donors (Lipinski definition) is 1. The predicted octanol–water partition coefficient (Wildman–Crippen LogP) is 5.76. The molecule has 0 spiro atoms. The third-order valence-electron chi connectivity index (χ3n) is 6.98. The quantitative estimate of drug-likeness (QED) is 0.608. The summed E-state index contributed by atoms with van der Waals surface area (Å²) < 4.78 is 0. The fourth-order valence-electron chi connectivity index (χ4n) is 4.86. The standard InChI is InChI=1S/C27H37N3OS/c1-19(2)24-9-10-25(32-24)23-17-27(3,4)12-11-21(23)18-29-13-15-30(16-14-29)22-7-5-20(6-8-22)26(28)31/h5-10,19H,11-18H2,1-4H3,(H2,28,31). The molecule has 2 N–H and O–H groups in total. The highest BCUT2D eigenvalue weighted by molar-refractivity contribution is 7.13. The van der Waals surface area contributed by atoms with Gasteiger partial charge in [0.2, 0.25) is 5.91 Å². The Morgan fingerprint density at radius 3 is 2.34 bits per heavy atom. The highest BCUT2D eigenvalue weighted by atomic mass is 32.1. The molecule has 0 radical (unpaired) electrons. The molecule has 1 saturated heterocycles. The van der Waals surface area contributed by atoms with Crippen molar-refractivity contribution < 1.29 is 4.79 Å². The van der Waals surface area contributed by atoms with E-state index < -0.39 is 0 Å². The summed E-state index contributed by atoms with van der Waals surface area (Å²) in [4.78, 5) is 19.3. The molecule has 32 heavy (non-hydrogen) atoms. The zero-order chi connectivity index (χ0) is 22.9. The molecule has 1 aliphatic carbocycles. The number of nitrogens with zero attached hydrogens (tertiary/aromatic N) is 2. The number of rotatable bonds is 6. The van der Waals surface area contributed by atoms with Gasteiger partial charge in [-0.2, -0.15) is 0 Å². The van der Waals surface area contributed by atoms with Crippen molar-refractivity contribution >= 4 is 28.5 Å². The van der Waals surface area contributed by atoms with Crippen LogP contribution < -0.4 is 10.6 Å². The maximum absolute atomic E-state index is 11.3.